The molecule has 2 aromatic heterocycles. The van der Waals surface area contributed by atoms with E-state index in [1.54, 1.807) is 34.7 Å². The molecule has 1 fully saturated rings. The van der Waals surface area contributed by atoms with Gasteiger partial charge in [0, 0.05) is 29.9 Å². The highest BCUT2D eigenvalue weighted by molar-refractivity contribution is 6.30. The summed E-state index contributed by atoms with van der Waals surface area (Å²) < 4.78 is 12.3. The summed E-state index contributed by atoms with van der Waals surface area (Å²) in [5.74, 6) is 0.167. The number of hydrogen-bond donors (Lipinski definition) is 0. The lowest BCUT2D eigenvalue weighted by Gasteiger charge is -2.31. The first-order valence-electron chi connectivity index (χ1n) is 10.2. The third kappa shape index (κ3) is 4.80. The number of nitrogens with zero attached hydrogens (tertiary/aromatic N) is 4. The number of carbonyl (C=O) groups excluding carboxylic acids is 2. The predicted octanol–water partition coefficient (Wildman–Crippen LogP) is 3.66. The zero-order valence-electron chi connectivity index (χ0n) is 17.2. The molecule has 0 spiro atoms. The quantitative estimate of drug-likeness (QED) is 0.541. The fourth-order valence-electron chi connectivity index (χ4n) is 3.72. The zero-order valence-corrected chi connectivity index (χ0v) is 17.9. The number of carbonyl (C=O) groups is 2. The van der Waals surface area contributed by atoms with Crippen molar-refractivity contribution in [3.63, 3.8) is 0 Å². The fourth-order valence-corrected chi connectivity index (χ4v) is 3.91. The topological polar surface area (TPSA) is 90.5 Å². The Morgan fingerprint density at radius 3 is 2.97 bits per heavy atom. The third-order valence-corrected chi connectivity index (χ3v) is 5.49. The Labute approximate surface area is 184 Å². The number of likely N-dealkylation sites (tertiary alicyclic amines) is 1. The van der Waals surface area contributed by atoms with Crippen LogP contribution in [0.4, 0.5) is 0 Å². The number of halogens is 1. The molecule has 3 aromatic rings. The lowest BCUT2D eigenvalue weighted by Crippen LogP contribution is -2.44. The molecule has 1 atom stereocenters. The van der Waals surface area contributed by atoms with Crippen molar-refractivity contribution < 1.29 is 18.8 Å². The first-order chi connectivity index (χ1) is 15.0. The van der Waals surface area contributed by atoms with E-state index in [9.17, 15) is 9.59 Å². The molecule has 8 nitrogen and oxygen atoms in total. The van der Waals surface area contributed by atoms with Crippen LogP contribution in [0.3, 0.4) is 0 Å². The maximum Gasteiger partial charge on any atom is 0.310 e. The molecule has 162 valence electrons. The normalized spacial score (nSPS) is 16.3. The minimum absolute atomic E-state index is 0.0685. The molecule has 1 amide bonds. The molecule has 0 unspecified atom stereocenters. The van der Waals surface area contributed by atoms with Crippen LogP contribution < -0.4 is 0 Å². The molecule has 4 rings (SSSR count). The number of ether oxygens (including phenoxy) is 1. The van der Waals surface area contributed by atoms with Gasteiger partial charge in [-0.1, -0.05) is 28.9 Å². The number of rotatable bonds is 6. The minimum Gasteiger partial charge on any atom is -0.466 e. The number of hydrogen-bond acceptors (Lipinski definition) is 6. The van der Waals surface area contributed by atoms with Crippen LogP contribution in [0, 0.1) is 5.92 Å². The average molecular weight is 443 g/mol. The van der Waals surface area contributed by atoms with Crippen LogP contribution in [-0.4, -0.2) is 51.2 Å². The van der Waals surface area contributed by atoms with Gasteiger partial charge in [0.05, 0.1) is 12.5 Å². The van der Waals surface area contributed by atoms with Gasteiger partial charge in [0.25, 0.3) is 5.89 Å². The van der Waals surface area contributed by atoms with Crippen LogP contribution in [0.2, 0.25) is 5.02 Å². The summed E-state index contributed by atoms with van der Waals surface area (Å²) in [6.07, 6.45) is 3.31. The molecule has 0 saturated carbocycles. The van der Waals surface area contributed by atoms with E-state index in [0.29, 0.717) is 42.1 Å². The van der Waals surface area contributed by atoms with Crippen molar-refractivity contribution in [3.8, 4) is 23.0 Å². The van der Waals surface area contributed by atoms with Crippen LogP contribution in [0.5, 0.6) is 0 Å². The molecule has 9 heteroatoms. The lowest BCUT2D eigenvalue weighted by molar-refractivity contribution is -0.151. The molecule has 1 aliphatic heterocycles. The Morgan fingerprint density at radius 1 is 1.29 bits per heavy atom. The number of esters is 1. The van der Waals surface area contributed by atoms with E-state index < -0.39 is 0 Å². The first-order valence-corrected chi connectivity index (χ1v) is 10.6. The van der Waals surface area contributed by atoms with Crippen LogP contribution in [-0.2, 0) is 20.9 Å². The molecular weight excluding hydrogens is 420 g/mol. The van der Waals surface area contributed by atoms with Gasteiger partial charge < -0.3 is 18.7 Å². The molecule has 3 heterocycles. The molecule has 0 bridgehead atoms. The van der Waals surface area contributed by atoms with Crippen molar-refractivity contribution in [1.29, 1.82) is 0 Å². The Kier molecular flexibility index (Phi) is 6.36. The maximum absolute atomic E-state index is 12.9. The van der Waals surface area contributed by atoms with Crippen molar-refractivity contribution in [1.82, 2.24) is 19.6 Å². The largest absolute Gasteiger partial charge is 0.466 e. The molecule has 0 aliphatic carbocycles. The molecule has 1 saturated heterocycles. The van der Waals surface area contributed by atoms with E-state index in [1.807, 2.05) is 24.3 Å². The van der Waals surface area contributed by atoms with E-state index in [0.717, 1.165) is 18.4 Å². The molecule has 0 radical (unpaired) electrons. The van der Waals surface area contributed by atoms with Gasteiger partial charge in [-0.3, -0.25) is 9.59 Å². The van der Waals surface area contributed by atoms with Crippen molar-refractivity contribution >= 4 is 23.5 Å². The van der Waals surface area contributed by atoms with Gasteiger partial charge >= 0.3 is 5.97 Å². The molecule has 1 aliphatic rings. The molecule has 1 aromatic carbocycles. The van der Waals surface area contributed by atoms with Gasteiger partial charge in [0.1, 0.15) is 12.2 Å². The van der Waals surface area contributed by atoms with Gasteiger partial charge in [-0.25, -0.2) is 0 Å². The minimum atomic E-state index is -0.266. The average Bonchev–Trinajstić information content (AvgIpc) is 3.43. The smallest absolute Gasteiger partial charge is 0.310 e. The van der Waals surface area contributed by atoms with Gasteiger partial charge in [-0.15, -0.1) is 0 Å². The van der Waals surface area contributed by atoms with Gasteiger partial charge in [-0.05, 0) is 44.0 Å². The Hall–Kier alpha value is -3.13. The first kappa shape index (κ1) is 21.1. The highest BCUT2D eigenvalue weighted by atomic mass is 35.5. The second-order valence-corrected chi connectivity index (χ2v) is 7.82. The standard InChI is InChI=1S/C22H23ClN4O4/c1-2-30-22(29)16-7-4-11-27(13-16)19(28)14-26-10-5-9-18(26)21-24-20(25-31-21)15-6-3-8-17(23)12-15/h3,5-6,8-10,12,16H,2,4,7,11,13-14H2,1H3/t16-/m1/s1. The van der Waals surface area contributed by atoms with Crippen LogP contribution in [0.15, 0.2) is 47.1 Å². The van der Waals surface area contributed by atoms with E-state index in [1.165, 1.54) is 0 Å². The molecular formula is C22H23ClN4O4. The van der Waals surface area contributed by atoms with Crippen LogP contribution in [0.25, 0.3) is 23.0 Å². The SMILES string of the molecule is CCOC(=O)[C@@H]1CCCN(C(=O)Cn2cccc2-c2nc(-c3cccc(Cl)c3)no2)C1. The van der Waals surface area contributed by atoms with Crippen molar-refractivity contribution in [2.24, 2.45) is 5.92 Å². The lowest BCUT2D eigenvalue weighted by atomic mass is 9.98. The van der Waals surface area contributed by atoms with Crippen molar-refractivity contribution in [3.05, 3.63) is 47.6 Å². The van der Waals surface area contributed by atoms with Crippen molar-refractivity contribution in [2.75, 3.05) is 19.7 Å². The summed E-state index contributed by atoms with van der Waals surface area (Å²) in [6, 6.07) is 10.8. The molecule has 31 heavy (non-hydrogen) atoms. The zero-order chi connectivity index (χ0) is 21.8. The highest BCUT2D eigenvalue weighted by Crippen LogP contribution is 2.25. The van der Waals surface area contributed by atoms with Gasteiger partial charge in [0.15, 0.2) is 0 Å². The predicted molar refractivity (Wildman–Crippen MR) is 114 cm³/mol. The fraction of sp³-hybridized carbons (Fsp3) is 0.364. The summed E-state index contributed by atoms with van der Waals surface area (Å²) in [6.45, 7) is 3.26. The molecule has 0 N–H and O–H groups in total. The van der Waals surface area contributed by atoms with Gasteiger partial charge in [-0.2, -0.15) is 4.98 Å². The van der Waals surface area contributed by atoms with Gasteiger partial charge in [0.2, 0.25) is 11.7 Å². The maximum atomic E-state index is 12.9. The number of aromatic nitrogens is 3. The second kappa shape index (κ2) is 9.34. The summed E-state index contributed by atoms with van der Waals surface area (Å²) in [5.41, 5.74) is 1.39. The Bertz CT molecular complexity index is 1080. The summed E-state index contributed by atoms with van der Waals surface area (Å²) in [7, 11) is 0. The van der Waals surface area contributed by atoms with E-state index in [4.69, 9.17) is 20.9 Å². The van der Waals surface area contributed by atoms with E-state index >= 15 is 0 Å². The third-order valence-electron chi connectivity index (χ3n) is 5.26. The Balaban J connectivity index is 1.47. The number of amides is 1. The summed E-state index contributed by atoms with van der Waals surface area (Å²) in [5, 5.41) is 4.62. The monoisotopic (exact) mass is 442 g/mol. The summed E-state index contributed by atoms with van der Waals surface area (Å²) >= 11 is 6.04. The van der Waals surface area contributed by atoms with Crippen molar-refractivity contribution in [2.45, 2.75) is 26.3 Å². The van der Waals surface area contributed by atoms with Crippen LogP contribution in [0.1, 0.15) is 19.8 Å². The van der Waals surface area contributed by atoms with E-state index in [2.05, 4.69) is 10.1 Å². The van der Waals surface area contributed by atoms with E-state index in [-0.39, 0.29) is 24.3 Å². The van der Waals surface area contributed by atoms with Crippen LogP contribution >= 0.6 is 11.6 Å². The number of piperidine rings is 1. The second-order valence-electron chi connectivity index (χ2n) is 7.39. The number of benzene rings is 1. The Morgan fingerprint density at radius 2 is 2.16 bits per heavy atom. The summed E-state index contributed by atoms with van der Waals surface area (Å²) in [4.78, 5) is 31.2. The highest BCUT2D eigenvalue weighted by Gasteiger charge is 2.29.